The fourth-order valence-electron chi connectivity index (χ4n) is 3.31. The summed E-state index contributed by atoms with van der Waals surface area (Å²) in [7, 11) is 0. The molecule has 28 heavy (non-hydrogen) atoms. The number of hydrogen-bond donors (Lipinski definition) is 1. The SMILES string of the molecule is C=CCn1c(C(=O)Nc2ccc(F)c(F)c2F)c(C)c2cc(C(C)C)ccc21. The zero-order valence-electron chi connectivity index (χ0n) is 15.9. The number of nitrogens with one attached hydrogen (secondary N) is 1. The molecule has 0 fully saturated rings. The Hall–Kier alpha value is -3.02. The topological polar surface area (TPSA) is 34.0 Å². The highest BCUT2D eigenvalue weighted by Gasteiger charge is 2.22. The number of aromatic nitrogens is 1. The van der Waals surface area contributed by atoms with Crippen molar-refractivity contribution in [2.24, 2.45) is 0 Å². The Balaban J connectivity index is 2.12. The van der Waals surface area contributed by atoms with Crippen molar-refractivity contribution >= 4 is 22.5 Å². The second-order valence-corrected chi connectivity index (χ2v) is 6.98. The van der Waals surface area contributed by atoms with Gasteiger partial charge in [0.1, 0.15) is 5.69 Å². The Kier molecular flexibility index (Phi) is 5.31. The first-order valence-corrected chi connectivity index (χ1v) is 8.94. The number of nitrogens with zero attached hydrogens (tertiary/aromatic N) is 1. The van der Waals surface area contributed by atoms with Crippen molar-refractivity contribution in [1.82, 2.24) is 4.57 Å². The Bertz CT molecular complexity index is 1080. The first kappa shape index (κ1) is 19.7. The molecule has 2 aromatic carbocycles. The average Bonchev–Trinajstić information content (AvgIpc) is 2.94. The Labute approximate surface area is 161 Å². The predicted molar refractivity (Wildman–Crippen MR) is 105 cm³/mol. The zero-order chi connectivity index (χ0) is 20.6. The maximum absolute atomic E-state index is 14.0. The molecule has 3 rings (SSSR count). The monoisotopic (exact) mass is 386 g/mol. The zero-order valence-corrected chi connectivity index (χ0v) is 15.9. The molecule has 0 aliphatic rings. The van der Waals surface area contributed by atoms with E-state index in [1.165, 1.54) is 0 Å². The Morgan fingerprint density at radius 3 is 2.54 bits per heavy atom. The maximum Gasteiger partial charge on any atom is 0.272 e. The maximum atomic E-state index is 14.0. The van der Waals surface area contributed by atoms with Gasteiger partial charge >= 0.3 is 0 Å². The van der Waals surface area contributed by atoms with Crippen LogP contribution in [0.25, 0.3) is 10.9 Å². The lowest BCUT2D eigenvalue weighted by Gasteiger charge is -2.11. The van der Waals surface area contributed by atoms with Crippen LogP contribution >= 0.6 is 0 Å². The van der Waals surface area contributed by atoms with Crippen molar-refractivity contribution in [3.8, 4) is 0 Å². The van der Waals surface area contributed by atoms with Gasteiger partial charge in [0.15, 0.2) is 17.5 Å². The summed E-state index contributed by atoms with van der Waals surface area (Å²) in [5.74, 6) is -4.65. The molecule has 0 saturated carbocycles. The minimum atomic E-state index is -1.62. The number of amides is 1. The van der Waals surface area contributed by atoms with Crippen molar-refractivity contribution in [1.29, 1.82) is 0 Å². The summed E-state index contributed by atoms with van der Waals surface area (Å²) in [6.45, 7) is 10.1. The molecule has 0 bridgehead atoms. The minimum absolute atomic E-state index is 0.319. The van der Waals surface area contributed by atoms with Crippen LogP contribution in [0.2, 0.25) is 0 Å². The quantitative estimate of drug-likeness (QED) is 0.428. The molecular weight excluding hydrogens is 365 g/mol. The minimum Gasteiger partial charge on any atom is -0.332 e. The van der Waals surface area contributed by atoms with Crippen molar-refractivity contribution < 1.29 is 18.0 Å². The number of rotatable bonds is 5. The summed E-state index contributed by atoms with van der Waals surface area (Å²) in [4.78, 5) is 12.9. The molecule has 6 heteroatoms. The van der Waals surface area contributed by atoms with Crippen molar-refractivity contribution in [2.75, 3.05) is 5.32 Å². The molecule has 146 valence electrons. The van der Waals surface area contributed by atoms with Crippen LogP contribution < -0.4 is 5.32 Å². The summed E-state index contributed by atoms with van der Waals surface area (Å²) in [6.07, 6.45) is 1.66. The number of carbonyl (C=O) groups is 1. The van der Waals surface area contributed by atoms with E-state index < -0.39 is 29.0 Å². The van der Waals surface area contributed by atoms with Gasteiger partial charge in [-0.15, -0.1) is 6.58 Å². The number of benzene rings is 2. The van der Waals surface area contributed by atoms with Gasteiger partial charge in [0.25, 0.3) is 5.91 Å². The molecule has 0 atom stereocenters. The van der Waals surface area contributed by atoms with Crippen molar-refractivity contribution in [3.63, 3.8) is 0 Å². The second kappa shape index (κ2) is 7.54. The summed E-state index contributed by atoms with van der Waals surface area (Å²) in [5.41, 5.74) is 2.60. The van der Waals surface area contributed by atoms with E-state index in [9.17, 15) is 18.0 Å². The van der Waals surface area contributed by atoms with E-state index >= 15 is 0 Å². The molecule has 1 amide bonds. The van der Waals surface area contributed by atoms with Crippen LogP contribution in [0.15, 0.2) is 43.0 Å². The Morgan fingerprint density at radius 2 is 1.89 bits per heavy atom. The van der Waals surface area contributed by atoms with Crippen molar-refractivity contribution in [2.45, 2.75) is 33.2 Å². The largest absolute Gasteiger partial charge is 0.332 e. The highest BCUT2D eigenvalue weighted by Crippen LogP contribution is 2.30. The first-order chi connectivity index (χ1) is 13.3. The Morgan fingerprint density at radius 1 is 1.18 bits per heavy atom. The normalized spacial score (nSPS) is 11.2. The number of hydrogen-bond acceptors (Lipinski definition) is 1. The van der Waals surface area contributed by atoms with E-state index in [0.29, 0.717) is 18.2 Å². The fourth-order valence-corrected chi connectivity index (χ4v) is 3.31. The fraction of sp³-hybridized carbons (Fsp3) is 0.227. The molecule has 0 radical (unpaired) electrons. The lowest BCUT2D eigenvalue weighted by Crippen LogP contribution is -2.19. The van der Waals surface area contributed by atoms with Crippen LogP contribution in [0, 0.1) is 24.4 Å². The second-order valence-electron chi connectivity index (χ2n) is 6.98. The smallest absolute Gasteiger partial charge is 0.272 e. The van der Waals surface area contributed by atoms with Crippen LogP contribution in [0.5, 0.6) is 0 Å². The average molecular weight is 386 g/mol. The summed E-state index contributed by atoms with van der Waals surface area (Å²) in [6, 6.07) is 7.75. The number of fused-ring (bicyclic) bond motifs is 1. The summed E-state index contributed by atoms with van der Waals surface area (Å²) >= 11 is 0. The highest BCUT2D eigenvalue weighted by atomic mass is 19.2. The molecule has 0 saturated heterocycles. The standard InChI is InChI=1S/C22H21F3N2O/c1-5-10-27-18-9-6-14(12(2)3)11-15(18)13(4)21(27)22(28)26-17-8-7-16(23)19(24)20(17)25/h5-9,11-12H,1,10H2,2-4H3,(H,26,28). The predicted octanol–water partition coefficient (Wildman–Crippen LogP) is 5.93. The van der Waals surface area contributed by atoms with Gasteiger partial charge in [0.2, 0.25) is 0 Å². The lowest BCUT2D eigenvalue weighted by atomic mass is 10.0. The van der Waals surface area contributed by atoms with Gasteiger partial charge in [-0.1, -0.05) is 26.0 Å². The highest BCUT2D eigenvalue weighted by molar-refractivity contribution is 6.08. The third-order valence-corrected chi connectivity index (χ3v) is 4.82. The summed E-state index contributed by atoms with van der Waals surface area (Å²) < 4.78 is 42.4. The van der Waals surface area contributed by atoms with Crippen LogP contribution in [-0.2, 0) is 6.54 Å². The van der Waals surface area contributed by atoms with Crippen LogP contribution in [0.4, 0.5) is 18.9 Å². The van der Waals surface area contributed by atoms with E-state index in [-0.39, 0.29) is 0 Å². The van der Waals surface area contributed by atoms with Crippen LogP contribution in [0.1, 0.15) is 41.4 Å². The first-order valence-electron chi connectivity index (χ1n) is 8.94. The molecule has 0 aliphatic carbocycles. The third kappa shape index (κ3) is 3.30. The van der Waals surface area contributed by atoms with Gasteiger partial charge in [-0.2, -0.15) is 0 Å². The number of aryl methyl sites for hydroxylation is 1. The lowest BCUT2D eigenvalue weighted by molar-refractivity contribution is 0.101. The molecular formula is C22H21F3N2O. The van der Waals surface area contributed by atoms with Gasteiger partial charge in [-0.25, -0.2) is 13.2 Å². The van der Waals surface area contributed by atoms with Crippen molar-refractivity contribution in [3.05, 3.63) is 77.3 Å². The number of halogens is 3. The van der Waals surface area contributed by atoms with E-state index in [4.69, 9.17) is 0 Å². The van der Waals surface area contributed by atoms with E-state index in [1.54, 1.807) is 10.6 Å². The number of allylic oxidation sites excluding steroid dienone is 1. The number of anilines is 1. The summed E-state index contributed by atoms with van der Waals surface area (Å²) in [5, 5.41) is 3.26. The molecule has 0 unspecified atom stereocenters. The van der Waals surface area contributed by atoms with Gasteiger partial charge in [-0.3, -0.25) is 4.79 Å². The van der Waals surface area contributed by atoms with Crippen LogP contribution in [0.3, 0.4) is 0 Å². The van der Waals surface area contributed by atoms with Gasteiger partial charge in [0.05, 0.1) is 5.69 Å². The van der Waals surface area contributed by atoms with E-state index in [1.807, 2.05) is 25.1 Å². The molecule has 0 spiro atoms. The molecule has 1 N–H and O–H groups in total. The van der Waals surface area contributed by atoms with E-state index in [0.717, 1.165) is 34.2 Å². The van der Waals surface area contributed by atoms with E-state index in [2.05, 4.69) is 25.7 Å². The van der Waals surface area contributed by atoms with Gasteiger partial charge in [0, 0.05) is 17.4 Å². The van der Waals surface area contributed by atoms with Gasteiger partial charge < -0.3 is 9.88 Å². The number of carbonyl (C=O) groups excluding carboxylic acids is 1. The third-order valence-electron chi connectivity index (χ3n) is 4.82. The molecule has 0 aliphatic heterocycles. The van der Waals surface area contributed by atoms with Crippen LogP contribution in [-0.4, -0.2) is 10.5 Å². The van der Waals surface area contributed by atoms with Gasteiger partial charge in [-0.05, 0) is 48.2 Å². The molecule has 1 aromatic heterocycles. The molecule has 3 nitrogen and oxygen atoms in total. The molecule has 3 aromatic rings. The molecule has 1 heterocycles.